The maximum Gasteiger partial charge on any atom is 0.247 e. The lowest BCUT2D eigenvalue weighted by molar-refractivity contribution is -0.111. The maximum atomic E-state index is 13.5. The minimum Gasteiger partial charge on any atom is -0.367 e. The van der Waals surface area contributed by atoms with Gasteiger partial charge in [-0.1, -0.05) is 6.58 Å². The van der Waals surface area contributed by atoms with Crippen molar-refractivity contribution < 1.29 is 9.18 Å². The molecule has 1 aromatic carbocycles. The summed E-state index contributed by atoms with van der Waals surface area (Å²) in [6.07, 6.45) is 2.77. The number of benzene rings is 1. The highest BCUT2D eigenvalue weighted by Crippen LogP contribution is 2.30. The Bertz CT molecular complexity index is 779. The lowest BCUT2D eigenvalue weighted by Crippen LogP contribution is -2.44. The van der Waals surface area contributed by atoms with E-state index in [0.29, 0.717) is 11.4 Å². The molecule has 1 fully saturated rings. The Morgan fingerprint density at radius 1 is 1.36 bits per heavy atom. The molecule has 0 saturated carbocycles. The number of likely N-dealkylation sites (N-methyl/N-ethyl adjacent to an activating group) is 1. The number of anilines is 2. The molecule has 2 heterocycles. The van der Waals surface area contributed by atoms with Crippen molar-refractivity contribution in [3.05, 3.63) is 47.5 Å². The van der Waals surface area contributed by atoms with Gasteiger partial charge in [-0.25, -0.2) is 4.68 Å². The highest BCUT2D eigenvalue weighted by molar-refractivity contribution is 9.10. The van der Waals surface area contributed by atoms with Gasteiger partial charge in [0.2, 0.25) is 11.9 Å². The zero-order valence-electron chi connectivity index (χ0n) is 13.9. The first-order chi connectivity index (χ1) is 12.0. The molecule has 25 heavy (non-hydrogen) atoms. The third-order valence-electron chi connectivity index (χ3n) is 4.16. The van der Waals surface area contributed by atoms with E-state index in [4.69, 9.17) is 0 Å². The van der Waals surface area contributed by atoms with Crippen LogP contribution in [0.25, 0.3) is 5.69 Å². The molecule has 1 saturated heterocycles. The van der Waals surface area contributed by atoms with Crippen LogP contribution in [0.5, 0.6) is 0 Å². The van der Waals surface area contributed by atoms with Crippen LogP contribution < -0.4 is 10.2 Å². The Hall–Kier alpha value is -2.19. The van der Waals surface area contributed by atoms with Gasteiger partial charge in [0, 0.05) is 32.4 Å². The summed E-state index contributed by atoms with van der Waals surface area (Å²) in [7, 11) is 2.09. The minimum absolute atomic E-state index is 0.285. The monoisotopic (exact) mass is 407 g/mol. The Labute approximate surface area is 154 Å². The van der Waals surface area contributed by atoms with Gasteiger partial charge < -0.3 is 15.1 Å². The van der Waals surface area contributed by atoms with Gasteiger partial charge in [-0.2, -0.15) is 4.39 Å². The van der Waals surface area contributed by atoms with Crippen molar-refractivity contribution in [2.24, 2.45) is 0 Å². The summed E-state index contributed by atoms with van der Waals surface area (Å²) in [5.74, 6) is -0.875. The summed E-state index contributed by atoms with van der Waals surface area (Å²) in [6.45, 7) is 7.14. The molecule has 0 radical (unpaired) electrons. The fourth-order valence-corrected chi connectivity index (χ4v) is 3.01. The number of carbonyl (C=O) groups is 1. The highest BCUT2D eigenvalue weighted by Gasteiger charge is 2.19. The van der Waals surface area contributed by atoms with Gasteiger partial charge in [0.15, 0.2) is 0 Å². The molecule has 0 spiro atoms. The van der Waals surface area contributed by atoms with E-state index in [1.54, 1.807) is 12.3 Å². The number of nitrogens with one attached hydrogen (secondary N) is 1. The van der Waals surface area contributed by atoms with E-state index >= 15 is 0 Å². The largest absolute Gasteiger partial charge is 0.367 e. The zero-order chi connectivity index (χ0) is 18.0. The first-order valence-corrected chi connectivity index (χ1v) is 8.69. The van der Waals surface area contributed by atoms with Crippen LogP contribution in [0.2, 0.25) is 0 Å². The second-order valence-electron chi connectivity index (χ2n) is 5.90. The predicted molar refractivity (Wildman–Crippen MR) is 99.8 cm³/mol. The van der Waals surface area contributed by atoms with Gasteiger partial charge in [-0.05, 0) is 47.3 Å². The van der Waals surface area contributed by atoms with E-state index in [1.165, 1.54) is 10.8 Å². The van der Waals surface area contributed by atoms with Gasteiger partial charge in [0.25, 0.3) is 0 Å². The van der Waals surface area contributed by atoms with Crippen molar-refractivity contribution in [2.75, 3.05) is 43.4 Å². The van der Waals surface area contributed by atoms with Crippen LogP contribution in [-0.4, -0.2) is 53.8 Å². The van der Waals surface area contributed by atoms with Crippen LogP contribution in [0.4, 0.5) is 15.8 Å². The molecule has 8 heteroatoms. The molecule has 0 aliphatic carbocycles. The number of hydrogen-bond acceptors (Lipinski definition) is 4. The average Bonchev–Trinajstić information content (AvgIpc) is 2.94. The predicted octanol–water partition coefficient (Wildman–Crippen LogP) is 2.65. The smallest absolute Gasteiger partial charge is 0.247 e. The molecule has 0 bridgehead atoms. The van der Waals surface area contributed by atoms with E-state index in [2.05, 4.69) is 49.8 Å². The van der Waals surface area contributed by atoms with Gasteiger partial charge in [0.1, 0.15) is 0 Å². The average molecular weight is 408 g/mol. The van der Waals surface area contributed by atoms with E-state index in [9.17, 15) is 9.18 Å². The highest BCUT2D eigenvalue weighted by atomic mass is 79.9. The standard InChI is InChI=1S/C17H19BrFN5O/c1-3-16(25)20-14-10-12(24-11-13(18)17(19)21-24)4-5-15(14)23-8-6-22(2)7-9-23/h3-5,10-11H,1,6-9H2,2H3,(H,20,25). The first kappa shape index (κ1) is 17.6. The quantitative estimate of drug-likeness (QED) is 0.791. The topological polar surface area (TPSA) is 53.4 Å². The molecule has 6 nitrogen and oxygen atoms in total. The molecule has 1 amide bonds. The SMILES string of the molecule is C=CC(=O)Nc1cc(-n2cc(Br)c(F)n2)ccc1N1CCN(C)CC1. The Kier molecular flexibility index (Phi) is 5.19. The lowest BCUT2D eigenvalue weighted by atomic mass is 10.2. The van der Waals surface area contributed by atoms with E-state index < -0.39 is 5.95 Å². The van der Waals surface area contributed by atoms with Crippen LogP contribution in [0.15, 0.2) is 41.5 Å². The normalized spacial score (nSPS) is 15.2. The second kappa shape index (κ2) is 7.37. The van der Waals surface area contributed by atoms with Crippen molar-refractivity contribution in [3.8, 4) is 5.69 Å². The van der Waals surface area contributed by atoms with Crippen LogP contribution in [0, 0.1) is 5.95 Å². The Morgan fingerprint density at radius 3 is 2.68 bits per heavy atom. The fourth-order valence-electron chi connectivity index (χ4n) is 2.74. The molecule has 0 unspecified atom stereocenters. The van der Waals surface area contributed by atoms with Gasteiger partial charge in [-0.15, -0.1) is 5.10 Å². The van der Waals surface area contributed by atoms with Crippen LogP contribution in [0.3, 0.4) is 0 Å². The number of piperazine rings is 1. The molecule has 1 N–H and O–H groups in total. The van der Waals surface area contributed by atoms with Gasteiger partial charge >= 0.3 is 0 Å². The van der Waals surface area contributed by atoms with Crippen LogP contribution in [-0.2, 0) is 4.79 Å². The van der Waals surface area contributed by atoms with Gasteiger partial charge in [-0.3, -0.25) is 4.79 Å². The van der Waals surface area contributed by atoms with Crippen LogP contribution >= 0.6 is 15.9 Å². The molecule has 3 rings (SSSR count). The molecular weight excluding hydrogens is 389 g/mol. The summed E-state index contributed by atoms with van der Waals surface area (Å²) < 4.78 is 15.2. The minimum atomic E-state index is -0.583. The van der Waals surface area contributed by atoms with Gasteiger partial charge in [0.05, 0.1) is 21.5 Å². The Morgan fingerprint density at radius 2 is 2.08 bits per heavy atom. The number of rotatable bonds is 4. The van der Waals surface area contributed by atoms with E-state index in [0.717, 1.165) is 31.9 Å². The van der Waals surface area contributed by atoms with E-state index in [1.807, 2.05) is 12.1 Å². The van der Waals surface area contributed by atoms with Crippen molar-refractivity contribution >= 4 is 33.2 Å². The third-order valence-corrected chi connectivity index (χ3v) is 4.69. The first-order valence-electron chi connectivity index (χ1n) is 7.90. The molecule has 2 aromatic rings. The number of halogens is 2. The number of aromatic nitrogens is 2. The van der Waals surface area contributed by atoms with Crippen molar-refractivity contribution in [3.63, 3.8) is 0 Å². The molecule has 0 atom stereocenters. The number of amides is 1. The summed E-state index contributed by atoms with van der Waals surface area (Å²) in [4.78, 5) is 16.3. The molecular formula is C17H19BrFN5O. The van der Waals surface area contributed by atoms with Crippen molar-refractivity contribution in [1.82, 2.24) is 14.7 Å². The zero-order valence-corrected chi connectivity index (χ0v) is 15.5. The molecule has 1 aromatic heterocycles. The molecule has 1 aliphatic heterocycles. The molecule has 132 valence electrons. The number of hydrogen-bond donors (Lipinski definition) is 1. The summed E-state index contributed by atoms with van der Waals surface area (Å²) in [5.41, 5.74) is 2.24. The summed E-state index contributed by atoms with van der Waals surface area (Å²) in [6, 6.07) is 5.57. The van der Waals surface area contributed by atoms with E-state index in [-0.39, 0.29) is 10.4 Å². The number of nitrogens with zero attached hydrogens (tertiary/aromatic N) is 4. The van der Waals surface area contributed by atoms with Crippen molar-refractivity contribution in [2.45, 2.75) is 0 Å². The third kappa shape index (κ3) is 3.91. The maximum absolute atomic E-state index is 13.5. The lowest BCUT2D eigenvalue weighted by Gasteiger charge is -2.35. The van der Waals surface area contributed by atoms with Crippen LogP contribution in [0.1, 0.15) is 0 Å². The number of carbonyl (C=O) groups excluding carboxylic acids is 1. The van der Waals surface area contributed by atoms with Crippen molar-refractivity contribution in [1.29, 1.82) is 0 Å². The molecule has 1 aliphatic rings. The summed E-state index contributed by atoms with van der Waals surface area (Å²) >= 11 is 3.11. The Balaban J connectivity index is 1.96. The fraction of sp³-hybridized carbons (Fsp3) is 0.294. The second-order valence-corrected chi connectivity index (χ2v) is 6.75. The summed E-state index contributed by atoms with van der Waals surface area (Å²) in [5, 5.41) is 6.66.